The van der Waals surface area contributed by atoms with E-state index < -0.39 is 0 Å². The van der Waals surface area contributed by atoms with E-state index in [1.165, 1.54) is 11.1 Å². The van der Waals surface area contributed by atoms with E-state index in [0.29, 0.717) is 18.9 Å². The molecule has 5 heteroatoms. The van der Waals surface area contributed by atoms with Crippen LogP contribution < -0.4 is 5.32 Å². The van der Waals surface area contributed by atoms with Crippen molar-refractivity contribution in [3.8, 4) is 0 Å². The molecule has 2 aromatic rings. The van der Waals surface area contributed by atoms with Gasteiger partial charge in [0.2, 0.25) is 5.89 Å². The van der Waals surface area contributed by atoms with E-state index in [2.05, 4.69) is 39.7 Å². The van der Waals surface area contributed by atoms with Gasteiger partial charge in [0.15, 0.2) is 5.82 Å². The van der Waals surface area contributed by atoms with Gasteiger partial charge in [0.25, 0.3) is 0 Å². The first-order valence-corrected chi connectivity index (χ1v) is 7.14. The van der Waals surface area contributed by atoms with Crippen LogP contribution in [0.15, 0.2) is 28.8 Å². The number of aliphatic hydroxyl groups is 1. The number of aryl methyl sites for hydroxylation is 1. The SMILES string of the molecule is O[C@H]1CN[C@@H](c2nc(C3CCc4ccccc43)no2)C1. The van der Waals surface area contributed by atoms with Crippen LogP contribution >= 0.6 is 0 Å². The molecule has 1 aromatic heterocycles. The van der Waals surface area contributed by atoms with Gasteiger partial charge in [-0.2, -0.15) is 4.98 Å². The van der Waals surface area contributed by atoms with Crippen molar-refractivity contribution in [1.29, 1.82) is 0 Å². The van der Waals surface area contributed by atoms with Crippen molar-refractivity contribution >= 4 is 0 Å². The summed E-state index contributed by atoms with van der Waals surface area (Å²) < 4.78 is 5.39. The van der Waals surface area contributed by atoms with Crippen molar-refractivity contribution in [3.05, 3.63) is 47.1 Å². The molecule has 0 amide bonds. The number of fused-ring (bicyclic) bond motifs is 1. The van der Waals surface area contributed by atoms with Gasteiger partial charge in [-0.3, -0.25) is 0 Å². The van der Waals surface area contributed by atoms with Gasteiger partial charge in [0.1, 0.15) is 0 Å². The molecule has 1 fully saturated rings. The van der Waals surface area contributed by atoms with E-state index in [4.69, 9.17) is 4.52 Å². The zero-order valence-electron chi connectivity index (χ0n) is 11.1. The fourth-order valence-electron chi connectivity index (χ4n) is 3.26. The highest BCUT2D eigenvalue weighted by molar-refractivity contribution is 5.38. The number of aromatic nitrogens is 2. The molecule has 4 rings (SSSR count). The smallest absolute Gasteiger partial charge is 0.243 e. The van der Waals surface area contributed by atoms with E-state index in [0.717, 1.165) is 18.7 Å². The maximum Gasteiger partial charge on any atom is 0.243 e. The molecule has 1 aromatic carbocycles. The molecular weight excluding hydrogens is 254 g/mol. The molecule has 1 aliphatic heterocycles. The quantitative estimate of drug-likeness (QED) is 0.867. The average Bonchev–Trinajstić information content (AvgIpc) is 3.15. The Morgan fingerprint density at radius 2 is 2.20 bits per heavy atom. The number of aliphatic hydroxyl groups excluding tert-OH is 1. The Morgan fingerprint density at radius 1 is 1.30 bits per heavy atom. The number of benzene rings is 1. The topological polar surface area (TPSA) is 71.2 Å². The molecule has 0 radical (unpaired) electrons. The van der Waals surface area contributed by atoms with E-state index in [9.17, 15) is 5.11 Å². The molecule has 0 bridgehead atoms. The van der Waals surface area contributed by atoms with Crippen molar-refractivity contribution in [2.45, 2.75) is 37.3 Å². The number of rotatable bonds is 2. The van der Waals surface area contributed by atoms with Crippen LogP contribution in [0, 0.1) is 0 Å². The van der Waals surface area contributed by atoms with Gasteiger partial charge in [-0.15, -0.1) is 0 Å². The zero-order valence-corrected chi connectivity index (χ0v) is 11.1. The molecule has 2 heterocycles. The molecule has 1 unspecified atom stereocenters. The summed E-state index contributed by atoms with van der Waals surface area (Å²) in [4.78, 5) is 4.56. The maximum atomic E-state index is 9.56. The van der Waals surface area contributed by atoms with Crippen LogP contribution in [0.1, 0.15) is 47.6 Å². The van der Waals surface area contributed by atoms with Crippen LogP contribution in [0.4, 0.5) is 0 Å². The second-order valence-electron chi connectivity index (χ2n) is 5.63. The van der Waals surface area contributed by atoms with Gasteiger partial charge in [-0.25, -0.2) is 0 Å². The first-order valence-electron chi connectivity index (χ1n) is 7.14. The summed E-state index contributed by atoms with van der Waals surface area (Å²) in [6.45, 7) is 0.592. The lowest BCUT2D eigenvalue weighted by atomic mass is 10.0. The second-order valence-corrected chi connectivity index (χ2v) is 5.63. The minimum Gasteiger partial charge on any atom is -0.392 e. The number of β-amino-alcohol motifs (C(OH)–C–C–N with tert-alkyl or cyclic N) is 1. The van der Waals surface area contributed by atoms with Gasteiger partial charge in [-0.05, 0) is 30.4 Å². The first kappa shape index (κ1) is 12.1. The summed E-state index contributed by atoms with van der Waals surface area (Å²) in [6, 6.07) is 8.45. The fourth-order valence-corrected chi connectivity index (χ4v) is 3.26. The van der Waals surface area contributed by atoms with Crippen molar-refractivity contribution in [3.63, 3.8) is 0 Å². The van der Waals surface area contributed by atoms with Crippen LogP contribution in [0.5, 0.6) is 0 Å². The molecule has 0 spiro atoms. The number of nitrogens with one attached hydrogen (secondary N) is 1. The lowest BCUT2D eigenvalue weighted by Gasteiger charge is -2.06. The highest BCUT2D eigenvalue weighted by Crippen LogP contribution is 2.37. The predicted octanol–water partition coefficient (Wildman–Crippen LogP) is 1.54. The minimum atomic E-state index is -0.317. The Hall–Kier alpha value is -1.72. The largest absolute Gasteiger partial charge is 0.392 e. The monoisotopic (exact) mass is 271 g/mol. The Kier molecular flexibility index (Phi) is 2.82. The van der Waals surface area contributed by atoms with Crippen LogP contribution in [-0.4, -0.2) is 27.9 Å². The zero-order chi connectivity index (χ0) is 13.5. The molecule has 1 aliphatic carbocycles. The summed E-state index contributed by atoms with van der Waals surface area (Å²) in [5.74, 6) is 1.61. The maximum absolute atomic E-state index is 9.56. The molecule has 0 saturated carbocycles. The third-order valence-electron chi connectivity index (χ3n) is 4.31. The van der Waals surface area contributed by atoms with Gasteiger partial charge in [0, 0.05) is 12.5 Å². The normalized spacial score (nSPS) is 28.8. The Bertz CT molecular complexity index is 625. The third kappa shape index (κ3) is 1.94. The second kappa shape index (κ2) is 4.68. The van der Waals surface area contributed by atoms with Crippen molar-refractivity contribution in [2.24, 2.45) is 0 Å². The highest BCUT2D eigenvalue weighted by atomic mass is 16.5. The molecule has 20 heavy (non-hydrogen) atoms. The third-order valence-corrected chi connectivity index (χ3v) is 4.31. The molecule has 104 valence electrons. The van der Waals surface area contributed by atoms with Crippen LogP contribution in [0.3, 0.4) is 0 Å². The average molecular weight is 271 g/mol. The summed E-state index contributed by atoms with van der Waals surface area (Å²) in [7, 11) is 0. The van der Waals surface area contributed by atoms with E-state index >= 15 is 0 Å². The number of nitrogens with zero attached hydrogens (tertiary/aromatic N) is 2. The highest BCUT2D eigenvalue weighted by Gasteiger charge is 2.31. The van der Waals surface area contributed by atoms with Crippen molar-refractivity contribution in [2.75, 3.05) is 6.54 Å². The number of hydrogen-bond donors (Lipinski definition) is 2. The van der Waals surface area contributed by atoms with Crippen molar-refractivity contribution < 1.29 is 9.63 Å². The van der Waals surface area contributed by atoms with Gasteiger partial charge >= 0.3 is 0 Å². The first-order chi connectivity index (χ1) is 9.81. The van der Waals surface area contributed by atoms with E-state index in [-0.39, 0.29) is 18.1 Å². The molecular formula is C15H17N3O2. The summed E-state index contributed by atoms with van der Waals surface area (Å²) in [5.41, 5.74) is 2.71. The van der Waals surface area contributed by atoms with Crippen LogP contribution in [-0.2, 0) is 6.42 Å². The van der Waals surface area contributed by atoms with E-state index in [1.54, 1.807) is 0 Å². The van der Waals surface area contributed by atoms with Crippen LogP contribution in [0.2, 0.25) is 0 Å². The lowest BCUT2D eigenvalue weighted by Crippen LogP contribution is -2.15. The molecule has 2 aliphatic rings. The molecule has 3 atom stereocenters. The summed E-state index contributed by atoms with van der Waals surface area (Å²) in [5, 5.41) is 16.9. The Balaban J connectivity index is 1.60. The van der Waals surface area contributed by atoms with Gasteiger partial charge in [0.05, 0.1) is 12.1 Å². The predicted molar refractivity (Wildman–Crippen MR) is 72.3 cm³/mol. The lowest BCUT2D eigenvalue weighted by molar-refractivity contribution is 0.191. The summed E-state index contributed by atoms with van der Waals surface area (Å²) in [6.07, 6.45) is 2.44. The molecule has 5 nitrogen and oxygen atoms in total. The minimum absolute atomic E-state index is 0.0112. The molecule has 2 N–H and O–H groups in total. The van der Waals surface area contributed by atoms with Crippen molar-refractivity contribution in [1.82, 2.24) is 15.5 Å². The van der Waals surface area contributed by atoms with Crippen LogP contribution in [0.25, 0.3) is 0 Å². The number of hydrogen-bond acceptors (Lipinski definition) is 5. The fraction of sp³-hybridized carbons (Fsp3) is 0.467. The van der Waals surface area contributed by atoms with Gasteiger partial charge < -0.3 is 14.9 Å². The molecule has 1 saturated heterocycles. The Labute approximate surface area is 117 Å². The van der Waals surface area contributed by atoms with E-state index in [1.807, 2.05) is 0 Å². The summed E-state index contributed by atoms with van der Waals surface area (Å²) >= 11 is 0. The van der Waals surface area contributed by atoms with Gasteiger partial charge in [-0.1, -0.05) is 29.4 Å². The Morgan fingerprint density at radius 3 is 3.05 bits per heavy atom. The standard InChI is InChI=1S/C15H17N3O2/c19-10-7-13(16-8-10)15-17-14(18-20-15)12-6-5-9-3-1-2-4-11(9)12/h1-4,10,12-13,16,19H,5-8H2/t10-,12?,13-/m1/s1.